The summed E-state index contributed by atoms with van der Waals surface area (Å²) in [7, 11) is 0. The van der Waals surface area contributed by atoms with Crippen molar-refractivity contribution in [3.63, 3.8) is 0 Å². The van der Waals surface area contributed by atoms with Crippen LogP contribution in [0.2, 0.25) is 0 Å². The van der Waals surface area contributed by atoms with Gasteiger partial charge in [-0.3, -0.25) is 9.59 Å². The van der Waals surface area contributed by atoms with E-state index in [1.54, 1.807) is 0 Å². The zero-order chi connectivity index (χ0) is 12.6. The number of carbonyl (C=O) groups is 2. The Hall–Kier alpha value is -0.750. The van der Waals surface area contributed by atoms with E-state index in [0.717, 1.165) is 12.8 Å². The highest BCUT2D eigenvalue weighted by atomic mass is 32.2. The molecule has 2 amide bonds. The number of thioether (sulfide) groups is 1. The maximum Gasteiger partial charge on any atom is 0.230 e. The minimum Gasteiger partial charge on any atom is -0.369 e. The van der Waals surface area contributed by atoms with Crippen molar-refractivity contribution in [3.05, 3.63) is 0 Å². The van der Waals surface area contributed by atoms with E-state index in [0.29, 0.717) is 6.54 Å². The lowest BCUT2D eigenvalue weighted by atomic mass is 9.93. The first-order valence-electron chi connectivity index (χ1n) is 5.36. The van der Waals surface area contributed by atoms with Crippen LogP contribution >= 0.6 is 11.8 Å². The molecule has 0 bridgehead atoms. The van der Waals surface area contributed by atoms with E-state index in [-0.39, 0.29) is 23.0 Å². The van der Waals surface area contributed by atoms with Crippen molar-refractivity contribution in [1.29, 1.82) is 0 Å². The number of nitrogens with two attached hydrogens (primary N) is 2. The topological polar surface area (TPSA) is 98.2 Å². The molecule has 0 atom stereocenters. The van der Waals surface area contributed by atoms with Gasteiger partial charge in [-0.15, -0.1) is 11.8 Å². The molecule has 0 saturated carbocycles. The number of amides is 2. The van der Waals surface area contributed by atoms with Crippen molar-refractivity contribution in [2.45, 2.75) is 32.2 Å². The van der Waals surface area contributed by atoms with Crippen LogP contribution in [0.5, 0.6) is 0 Å². The maximum absolute atomic E-state index is 11.6. The van der Waals surface area contributed by atoms with Gasteiger partial charge in [0, 0.05) is 6.54 Å². The fourth-order valence-corrected chi connectivity index (χ4v) is 1.90. The predicted octanol–water partition coefficient (Wildman–Crippen LogP) is -0.161. The van der Waals surface area contributed by atoms with E-state index < -0.39 is 5.91 Å². The second-order valence-corrected chi connectivity index (χ2v) is 4.68. The van der Waals surface area contributed by atoms with Gasteiger partial charge in [0.15, 0.2) is 0 Å². The van der Waals surface area contributed by atoms with E-state index in [2.05, 4.69) is 5.32 Å². The fourth-order valence-electron chi connectivity index (χ4n) is 1.34. The average molecular weight is 247 g/mol. The molecule has 0 fully saturated rings. The van der Waals surface area contributed by atoms with Crippen molar-refractivity contribution in [1.82, 2.24) is 5.32 Å². The smallest absolute Gasteiger partial charge is 0.230 e. The molecule has 0 aliphatic rings. The third-order valence-electron chi connectivity index (χ3n) is 2.63. The molecule has 0 aliphatic carbocycles. The molecular formula is C10H21N3O2S. The van der Waals surface area contributed by atoms with E-state index in [1.165, 1.54) is 11.8 Å². The second-order valence-electron chi connectivity index (χ2n) is 3.70. The van der Waals surface area contributed by atoms with Crippen LogP contribution in [0.25, 0.3) is 0 Å². The molecule has 0 heterocycles. The summed E-state index contributed by atoms with van der Waals surface area (Å²) in [6, 6.07) is 0. The molecule has 94 valence electrons. The van der Waals surface area contributed by atoms with Crippen LogP contribution in [0.4, 0.5) is 0 Å². The molecule has 0 spiro atoms. The summed E-state index contributed by atoms with van der Waals surface area (Å²) in [5, 5.41) is 2.92. The normalized spacial score (nSPS) is 11.2. The fraction of sp³-hybridized carbons (Fsp3) is 0.800. The summed E-state index contributed by atoms with van der Waals surface area (Å²) in [6.07, 6.45) is 1.60. The van der Waals surface area contributed by atoms with Gasteiger partial charge < -0.3 is 16.8 Å². The molecule has 5 nitrogen and oxygen atoms in total. The Labute approximate surface area is 101 Å². The largest absolute Gasteiger partial charge is 0.369 e. The van der Waals surface area contributed by atoms with E-state index in [4.69, 9.17) is 11.5 Å². The molecule has 0 aromatic heterocycles. The van der Waals surface area contributed by atoms with Crippen LogP contribution in [0.1, 0.15) is 26.7 Å². The van der Waals surface area contributed by atoms with E-state index in [9.17, 15) is 9.59 Å². The molecule has 0 radical (unpaired) electrons. The van der Waals surface area contributed by atoms with E-state index in [1.807, 2.05) is 13.8 Å². The lowest BCUT2D eigenvalue weighted by Crippen LogP contribution is -2.53. The Morgan fingerprint density at radius 3 is 2.19 bits per heavy atom. The molecule has 0 aromatic carbocycles. The molecular weight excluding hydrogens is 226 g/mol. The first-order chi connectivity index (χ1) is 7.49. The lowest BCUT2D eigenvalue weighted by molar-refractivity contribution is -0.120. The van der Waals surface area contributed by atoms with Crippen molar-refractivity contribution >= 4 is 23.6 Å². The summed E-state index contributed by atoms with van der Waals surface area (Å²) in [6.45, 7) is 4.41. The quantitative estimate of drug-likeness (QED) is 0.555. The molecule has 5 N–H and O–H groups in total. The number of rotatable bonds is 8. The monoisotopic (exact) mass is 247 g/mol. The highest BCUT2D eigenvalue weighted by Gasteiger charge is 2.25. The summed E-state index contributed by atoms with van der Waals surface area (Å²) in [5.74, 6) is -0.0966. The Balaban J connectivity index is 4.05. The van der Waals surface area contributed by atoms with Crippen LogP contribution < -0.4 is 16.8 Å². The van der Waals surface area contributed by atoms with Crippen LogP contribution in [-0.2, 0) is 9.59 Å². The molecule has 0 saturated heterocycles. The third kappa shape index (κ3) is 5.37. The summed E-state index contributed by atoms with van der Waals surface area (Å²) in [4.78, 5) is 22.1. The van der Waals surface area contributed by atoms with Crippen LogP contribution in [-0.4, -0.2) is 35.4 Å². The third-order valence-corrected chi connectivity index (χ3v) is 3.58. The number of hydrogen-bond donors (Lipinski definition) is 3. The standard InChI is InChI=1S/C10H21N3O2S/c1-3-10(4-2,7-11)13-9(15)6-16-5-8(12)14/h3-7,11H2,1-2H3,(H2,12,14)(H,13,15). The minimum atomic E-state index is -0.408. The first-order valence-corrected chi connectivity index (χ1v) is 6.52. The maximum atomic E-state index is 11.6. The molecule has 0 aromatic rings. The van der Waals surface area contributed by atoms with Gasteiger partial charge in [0.25, 0.3) is 0 Å². The van der Waals surface area contributed by atoms with Gasteiger partial charge in [0.2, 0.25) is 11.8 Å². The highest BCUT2D eigenvalue weighted by molar-refractivity contribution is 8.00. The van der Waals surface area contributed by atoms with E-state index >= 15 is 0 Å². The molecule has 0 aliphatic heterocycles. The van der Waals surface area contributed by atoms with Crippen molar-refractivity contribution in [3.8, 4) is 0 Å². The summed E-state index contributed by atoms with van der Waals surface area (Å²) < 4.78 is 0. The van der Waals surface area contributed by atoms with Gasteiger partial charge in [0.05, 0.1) is 17.0 Å². The SMILES string of the molecule is CCC(CC)(CN)NC(=O)CSCC(N)=O. The van der Waals surface area contributed by atoms with Gasteiger partial charge >= 0.3 is 0 Å². The van der Waals surface area contributed by atoms with Gasteiger partial charge in [-0.2, -0.15) is 0 Å². The zero-order valence-corrected chi connectivity index (χ0v) is 10.7. The van der Waals surface area contributed by atoms with Crippen LogP contribution in [0.15, 0.2) is 0 Å². The summed E-state index contributed by atoms with van der Waals surface area (Å²) in [5.41, 5.74) is 10.3. The Bertz CT molecular complexity index is 234. The van der Waals surface area contributed by atoms with Crippen molar-refractivity contribution < 1.29 is 9.59 Å². The van der Waals surface area contributed by atoms with Gasteiger partial charge in [0.1, 0.15) is 0 Å². The predicted molar refractivity (Wildman–Crippen MR) is 67.0 cm³/mol. The average Bonchev–Trinajstić information content (AvgIpc) is 2.25. The number of nitrogens with one attached hydrogen (secondary N) is 1. The van der Waals surface area contributed by atoms with Gasteiger partial charge in [-0.1, -0.05) is 13.8 Å². The zero-order valence-electron chi connectivity index (χ0n) is 9.91. The van der Waals surface area contributed by atoms with Crippen molar-refractivity contribution in [2.24, 2.45) is 11.5 Å². The molecule has 0 unspecified atom stereocenters. The first kappa shape index (κ1) is 15.2. The highest BCUT2D eigenvalue weighted by Crippen LogP contribution is 2.13. The second kappa shape index (κ2) is 7.51. The lowest BCUT2D eigenvalue weighted by Gasteiger charge is -2.31. The van der Waals surface area contributed by atoms with Gasteiger partial charge in [-0.25, -0.2) is 0 Å². The number of carbonyl (C=O) groups excluding carboxylic acids is 2. The number of primary amides is 1. The Morgan fingerprint density at radius 2 is 1.81 bits per heavy atom. The Morgan fingerprint density at radius 1 is 1.25 bits per heavy atom. The number of hydrogen-bond acceptors (Lipinski definition) is 4. The molecule has 0 rings (SSSR count). The van der Waals surface area contributed by atoms with Crippen LogP contribution in [0.3, 0.4) is 0 Å². The Kier molecular flexibility index (Phi) is 7.16. The summed E-state index contributed by atoms with van der Waals surface area (Å²) >= 11 is 1.21. The van der Waals surface area contributed by atoms with Crippen molar-refractivity contribution in [2.75, 3.05) is 18.1 Å². The minimum absolute atomic E-state index is 0.0969. The molecule has 6 heteroatoms. The van der Waals surface area contributed by atoms with Crippen LogP contribution in [0, 0.1) is 0 Å². The molecule has 16 heavy (non-hydrogen) atoms. The van der Waals surface area contributed by atoms with Gasteiger partial charge in [-0.05, 0) is 12.8 Å².